The van der Waals surface area contributed by atoms with E-state index in [1.54, 1.807) is 31.2 Å². The summed E-state index contributed by atoms with van der Waals surface area (Å²) in [7, 11) is 0. The van der Waals surface area contributed by atoms with Crippen molar-refractivity contribution in [1.82, 2.24) is 5.16 Å². The lowest BCUT2D eigenvalue weighted by atomic mass is 9.77. The Balaban J connectivity index is 1.28. The molecule has 2 amide bonds. The second-order valence-corrected chi connectivity index (χ2v) is 7.68. The van der Waals surface area contributed by atoms with Crippen LogP contribution in [0.25, 0.3) is 0 Å². The fourth-order valence-corrected chi connectivity index (χ4v) is 4.67. The Morgan fingerprint density at radius 3 is 2.97 bits per heavy atom. The van der Waals surface area contributed by atoms with Gasteiger partial charge in [-0.2, -0.15) is 0 Å². The van der Waals surface area contributed by atoms with Crippen molar-refractivity contribution >= 4 is 23.3 Å². The molecule has 4 aliphatic rings. The predicted molar refractivity (Wildman–Crippen MR) is 98.5 cm³/mol. The monoisotopic (exact) mass is 395 g/mol. The van der Waals surface area contributed by atoms with E-state index in [-0.39, 0.29) is 18.6 Å². The van der Waals surface area contributed by atoms with Crippen LogP contribution in [0.1, 0.15) is 5.76 Å². The predicted octanol–water partition coefficient (Wildman–Crippen LogP) is 1.64. The Morgan fingerprint density at radius 1 is 1.28 bits per heavy atom. The first kappa shape index (κ1) is 16.6. The van der Waals surface area contributed by atoms with Crippen molar-refractivity contribution in [2.45, 2.75) is 18.6 Å². The van der Waals surface area contributed by atoms with Crippen LogP contribution in [0.5, 0.6) is 11.5 Å². The van der Waals surface area contributed by atoms with E-state index in [0.29, 0.717) is 35.3 Å². The molecule has 5 heterocycles. The SMILES string of the molecule is Cc1cc(N2C[C@]34C=C[C@H](O3)[C@@H](C(=O)Nc3ccc5c(c3)OCO5)[C@@H]4C2=O)no1. The van der Waals surface area contributed by atoms with Gasteiger partial charge in [0.05, 0.1) is 24.5 Å². The van der Waals surface area contributed by atoms with Crippen molar-refractivity contribution < 1.29 is 28.3 Å². The van der Waals surface area contributed by atoms with E-state index in [9.17, 15) is 9.59 Å². The summed E-state index contributed by atoms with van der Waals surface area (Å²) >= 11 is 0. The summed E-state index contributed by atoms with van der Waals surface area (Å²) in [4.78, 5) is 27.9. The van der Waals surface area contributed by atoms with E-state index in [1.807, 2.05) is 12.2 Å². The average Bonchev–Trinajstić information content (AvgIpc) is 3.49. The highest BCUT2D eigenvalue weighted by atomic mass is 16.7. The summed E-state index contributed by atoms with van der Waals surface area (Å²) in [5.74, 6) is 0.574. The highest BCUT2D eigenvalue weighted by molar-refractivity contribution is 6.05. The van der Waals surface area contributed by atoms with Crippen LogP contribution in [-0.4, -0.2) is 42.0 Å². The van der Waals surface area contributed by atoms with Crippen LogP contribution < -0.4 is 19.7 Å². The molecular formula is C20H17N3O6. The minimum atomic E-state index is -0.814. The summed E-state index contributed by atoms with van der Waals surface area (Å²) in [5.41, 5.74) is -0.236. The molecule has 148 valence electrons. The number of carbonyl (C=O) groups excluding carboxylic acids is 2. The van der Waals surface area contributed by atoms with E-state index in [4.69, 9.17) is 18.7 Å². The first-order valence-corrected chi connectivity index (χ1v) is 9.36. The van der Waals surface area contributed by atoms with Gasteiger partial charge < -0.3 is 24.1 Å². The molecule has 0 unspecified atom stereocenters. The number of nitrogens with zero attached hydrogens (tertiary/aromatic N) is 2. The largest absolute Gasteiger partial charge is 0.454 e. The smallest absolute Gasteiger partial charge is 0.235 e. The fraction of sp³-hybridized carbons (Fsp3) is 0.350. The number of benzene rings is 1. The summed E-state index contributed by atoms with van der Waals surface area (Å²) in [6.45, 7) is 2.23. The lowest BCUT2D eigenvalue weighted by Crippen LogP contribution is -2.41. The van der Waals surface area contributed by atoms with Gasteiger partial charge in [0, 0.05) is 17.8 Å². The first-order valence-electron chi connectivity index (χ1n) is 9.36. The van der Waals surface area contributed by atoms with Crippen LogP contribution in [0.15, 0.2) is 40.9 Å². The molecule has 1 aromatic carbocycles. The molecule has 1 aromatic heterocycles. The maximum atomic E-state index is 13.2. The van der Waals surface area contributed by atoms with Crippen molar-refractivity contribution in [2.24, 2.45) is 11.8 Å². The summed E-state index contributed by atoms with van der Waals surface area (Å²) in [6.07, 6.45) is 3.34. The Labute approximate surface area is 165 Å². The Morgan fingerprint density at radius 2 is 2.14 bits per heavy atom. The molecule has 1 spiro atoms. The molecule has 2 aromatic rings. The number of carbonyl (C=O) groups is 2. The lowest BCUT2D eigenvalue weighted by molar-refractivity contribution is -0.128. The van der Waals surface area contributed by atoms with Crippen molar-refractivity contribution in [3.8, 4) is 11.5 Å². The van der Waals surface area contributed by atoms with Crippen LogP contribution >= 0.6 is 0 Å². The van der Waals surface area contributed by atoms with E-state index in [2.05, 4.69) is 10.5 Å². The van der Waals surface area contributed by atoms with Gasteiger partial charge in [-0.05, 0) is 19.1 Å². The molecule has 1 N–H and O–H groups in total. The minimum absolute atomic E-state index is 0.159. The van der Waals surface area contributed by atoms with Gasteiger partial charge >= 0.3 is 0 Å². The van der Waals surface area contributed by atoms with Crippen LogP contribution in [-0.2, 0) is 14.3 Å². The quantitative estimate of drug-likeness (QED) is 0.788. The van der Waals surface area contributed by atoms with Gasteiger partial charge in [0.25, 0.3) is 0 Å². The molecule has 6 rings (SSSR count). The number of ether oxygens (including phenoxy) is 3. The molecule has 9 heteroatoms. The maximum Gasteiger partial charge on any atom is 0.235 e. The van der Waals surface area contributed by atoms with Crippen molar-refractivity contribution in [1.29, 1.82) is 0 Å². The highest BCUT2D eigenvalue weighted by Gasteiger charge is 2.67. The zero-order chi connectivity index (χ0) is 19.8. The molecular weight excluding hydrogens is 378 g/mol. The Hall–Kier alpha value is -3.33. The van der Waals surface area contributed by atoms with Crippen molar-refractivity contribution in [3.63, 3.8) is 0 Å². The Kier molecular flexibility index (Phi) is 3.21. The fourth-order valence-electron chi connectivity index (χ4n) is 4.67. The van der Waals surface area contributed by atoms with E-state index < -0.39 is 23.5 Å². The van der Waals surface area contributed by atoms with E-state index in [1.165, 1.54) is 4.90 Å². The van der Waals surface area contributed by atoms with Crippen molar-refractivity contribution in [3.05, 3.63) is 42.2 Å². The highest BCUT2D eigenvalue weighted by Crippen LogP contribution is 2.52. The van der Waals surface area contributed by atoms with Crippen LogP contribution in [0.3, 0.4) is 0 Å². The second-order valence-electron chi connectivity index (χ2n) is 7.68. The maximum absolute atomic E-state index is 13.2. The molecule has 2 fully saturated rings. The van der Waals surface area contributed by atoms with Gasteiger partial charge in [-0.1, -0.05) is 17.3 Å². The van der Waals surface area contributed by atoms with Gasteiger partial charge in [-0.3, -0.25) is 14.5 Å². The number of nitrogens with one attached hydrogen (secondary N) is 1. The van der Waals surface area contributed by atoms with Gasteiger partial charge in [0.15, 0.2) is 17.3 Å². The zero-order valence-electron chi connectivity index (χ0n) is 15.5. The molecule has 2 bridgehead atoms. The number of amides is 2. The number of rotatable bonds is 3. The molecule has 9 nitrogen and oxygen atoms in total. The number of hydrogen-bond donors (Lipinski definition) is 1. The van der Waals surface area contributed by atoms with Gasteiger partial charge in [-0.15, -0.1) is 0 Å². The molecule has 2 saturated heterocycles. The molecule has 4 atom stereocenters. The van der Waals surface area contributed by atoms with E-state index >= 15 is 0 Å². The first-order chi connectivity index (χ1) is 14.0. The average molecular weight is 395 g/mol. The molecule has 0 radical (unpaired) electrons. The van der Waals surface area contributed by atoms with Gasteiger partial charge in [0.2, 0.25) is 18.6 Å². The zero-order valence-corrected chi connectivity index (χ0v) is 15.5. The molecule has 0 saturated carbocycles. The second kappa shape index (κ2) is 5.60. The third-order valence-corrected chi connectivity index (χ3v) is 5.94. The number of anilines is 2. The topological polar surface area (TPSA) is 103 Å². The summed E-state index contributed by atoms with van der Waals surface area (Å²) in [5, 5.41) is 6.84. The summed E-state index contributed by atoms with van der Waals surface area (Å²) in [6, 6.07) is 6.90. The number of aryl methyl sites for hydroxylation is 1. The number of hydrogen-bond acceptors (Lipinski definition) is 7. The Bertz CT molecular complexity index is 1080. The van der Waals surface area contributed by atoms with Crippen LogP contribution in [0, 0.1) is 18.8 Å². The van der Waals surface area contributed by atoms with Crippen molar-refractivity contribution in [2.75, 3.05) is 23.6 Å². The minimum Gasteiger partial charge on any atom is -0.454 e. The number of fused-ring (bicyclic) bond motifs is 2. The number of aromatic nitrogens is 1. The third kappa shape index (κ3) is 2.27. The molecule has 0 aliphatic carbocycles. The third-order valence-electron chi connectivity index (χ3n) is 5.94. The van der Waals surface area contributed by atoms with Gasteiger partial charge in [0.1, 0.15) is 11.4 Å². The molecule has 29 heavy (non-hydrogen) atoms. The standard InChI is InChI=1S/C20H17N3O6/c1-10-6-15(22-29-10)23-8-20-5-4-13(28-20)16(17(20)19(23)25)18(24)21-11-2-3-12-14(7-11)27-9-26-12/h2-7,13,16-17H,8-9H2,1H3,(H,21,24)/t13-,16+,17+,20-/m0/s1. The summed E-state index contributed by atoms with van der Waals surface area (Å²) < 4.78 is 21.9. The lowest BCUT2D eigenvalue weighted by Gasteiger charge is -2.23. The van der Waals surface area contributed by atoms with Crippen LogP contribution in [0.2, 0.25) is 0 Å². The van der Waals surface area contributed by atoms with E-state index in [0.717, 1.165) is 0 Å². The normalized spacial score (nSPS) is 30.9. The molecule has 4 aliphatic heterocycles. The van der Waals surface area contributed by atoms with Crippen LogP contribution in [0.4, 0.5) is 11.5 Å². The van der Waals surface area contributed by atoms with Gasteiger partial charge in [-0.25, -0.2) is 0 Å².